The third-order valence-electron chi connectivity index (χ3n) is 1.92. The highest BCUT2D eigenvalue weighted by Crippen LogP contribution is 2.17. The number of rotatable bonds is 3. The minimum absolute atomic E-state index is 0. The second kappa shape index (κ2) is 6.37. The predicted octanol–water partition coefficient (Wildman–Crippen LogP) is 1.81. The summed E-state index contributed by atoms with van der Waals surface area (Å²) < 4.78 is 17.6. The molecule has 0 aliphatic heterocycles. The zero-order valence-electron chi connectivity index (χ0n) is 8.27. The normalized spacial score (nSPS) is 11.4. The molecule has 0 aliphatic carbocycles. The van der Waals surface area contributed by atoms with Crippen molar-refractivity contribution in [2.45, 2.75) is 12.5 Å². The van der Waals surface area contributed by atoms with Crippen LogP contribution < -0.4 is 5.73 Å². The monoisotopic (exact) mass is 233 g/mol. The molecule has 1 aromatic carbocycles. The van der Waals surface area contributed by atoms with Crippen LogP contribution in [-0.2, 0) is 9.53 Å². The van der Waals surface area contributed by atoms with Gasteiger partial charge < -0.3 is 10.5 Å². The van der Waals surface area contributed by atoms with Gasteiger partial charge in [0.2, 0.25) is 0 Å². The van der Waals surface area contributed by atoms with Crippen LogP contribution in [0.5, 0.6) is 0 Å². The molecule has 0 bridgehead atoms. The lowest BCUT2D eigenvalue weighted by Gasteiger charge is -2.10. The van der Waals surface area contributed by atoms with Gasteiger partial charge in [-0.05, 0) is 6.07 Å². The lowest BCUT2D eigenvalue weighted by atomic mass is 10.0. The SMILES string of the molecule is COC(=O)C[C@H](N)c1ccccc1F.Cl. The van der Waals surface area contributed by atoms with Crippen LogP contribution in [0.1, 0.15) is 18.0 Å². The number of hydrogen-bond acceptors (Lipinski definition) is 3. The highest BCUT2D eigenvalue weighted by molar-refractivity contribution is 5.85. The van der Waals surface area contributed by atoms with E-state index in [9.17, 15) is 9.18 Å². The Hall–Kier alpha value is -1.13. The Morgan fingerprint density at radius 3 is 2.67 bits per heavy atom. The number of carbonyl (C=O) groups is 1. The first-order chi connectivity index (χ1) is 6.65. The number of hydrogen-bond donors (Lipinski definition) is 1. The molecule has 0 aliphatic rings. The molecular formula is C10H13ClFNO2. The standard InChI is InChI=1S/C10H12FNO2.ClH/c1-14-10(13)6-9(12)7-4-2-3-5-8(7)11;/h2-5,9H,6,12H2,1H3;1H/t9-;/m0./s1. The predicted molar refractivity (Wildman–Crippen MR) is 57.2 cm³/mol. The van der Waals surface area contributed by atoms with E-state index in [1.165, 1.54) is 13.2 Å². The van der Waals surface area contributed by atoms with Crippen molar-refractivity contribution in [3.05, 3.63) is 35.6 Å². The van der Waals surface area contributed by atoms with E-state index in [-0.39, 0.29) is 18.8 Å². The summed E-state index contributed by atoms with van der Waals surface area (Å²) in [5.41, 5.74) is 5.96. The molecule has 3 nitrogen and oxygen atoms in total. The smallest absolute Gasteiger partial charge is 0.307 e. The van der Waals surface area contributed by atoms with Crippen molar-refractivity contribution in [2.24, 2.45) is 5.73 Å². The molecule has 0 spiro atoms. The van der Waals surface area contributed by atoms with Crippen LogP contribution in [0.3, 0.4) is 0 Å². The minimum Gasteiger partial charge on any atom is -0.469 e. The van der Waals surface area contributed by atoms with Gasteiger partial charge in [0, 0.05) is 11.6 Å². The average molecular weight is 234 g/mol. The van der Waals surface area contributed by atoms with Crippen LogP contribution >= 0.6 is 12.4 Å². The molecule has 2 N–H and O–H groups in total. The quantitative estimate of drug-likeness (QED) is 0.811. The molecular weight excluding hydrogens is 221 g/mol. The van der Waals surface area contributed by atoms with E-state index in [1.54, 1.807) is 18.2 Å². The number of esters is 1. The fraction of sp³-hybridized carbons (Fsp3) is 0.300. The van der Waals surface area contributed by atoms with Crippen molar-refractivity contribution in [1.82, 2.24) is 0 Å². The average Bonchev–Trinajstić information content (AvgIpc) is 2.18. The molecule has 0 heterocycles. The molecule has 0 fully saturated rings. The first-order valence-corrected chi connectivity index (χ1v) is 4.22. The number of nitrogens with two attached hydrogens (primary N) is 1. The van der Waals surface area contributed by atoms with E-state index >= 15 is 0 Å². The summed E-state index contributed by atoms with van der Waals surface area (Å²) in [5.74, 6) is -0.843. The Labute approximate surface area is 93.8 Å². The maximum Gasteiger partial charge on any atom is 0.307 e. The first-order valence-electron chi connectivity index (χ1n) is 4.22. The summed E-state index contributed by atoms with van der Waals surface area (Å²) in [6, 6.07) is 5.47. The van der Waals surface area contributed by atoms with Gasteiger partial charge in [0.05, 0.1) is 13.5 Å². The van der Waals surface area contributed by atoms with Crippen molar-refractivity contribution in [2.75, 3.05) is 7.11 Å². The molecule has 0 saturated carbocycles. The van der Waals surface area contributed by atoms with E-state index < -0.39 is 17.8 Å². The molecule has 0 amide bonds. The zero-order valence-corrected chi connectivity index (χ0v) is 9.09. The molecule has 0 unspecified atom stereocenters. The zero-order chi connectivity index (χ0) is 10.6. The van der Waals surface area contributed by atoms with Crippen molar-refractivity contribution in [3.63, 3.8) is 0 Å². The molecule has 1 aromatic rings. The highest BCUT2D eigenvalue weighted by atomic mass is 35.5. The third-order valence-corrected chi connectivity index (χ3v) is 1.92. The Morgan fingerprint density at radius 1 is 1.53 bits per heavy atom. The maximum absolute atomic E-state index is 13.2. The first kappa shape index (κ1) is 13.9. The number of carbonyl (C=O) groups excluding carboxylic acids is 1. The van der Waals surface area contributed by atoms with Crippen LogP contribution in [0.4, 0.5) is 4.39 Å². The van der Waals surface area contributed by atoms with Gasteiger partial charge in [0.15, 0.2) is 0 Å². The van der Waals surface area contributed by atoms with Crippen molar-refractivity contribution < 1.29 is 13.9 Å². The topological polar surface area (TPSA) is 52.3 Å². The Kier molecular flexibility index (Phi) is 5.89. The summed E-state index contributed by atoms with van der Waals surface area (Å²) in [4.78, 5) is 10.9. The molecule has 15 heavy (non-hydrogen) atoms. The largest absolute Gasteiger partial charge is 0.469 e. The number of halogens is 2. The molecule has 0 radical (unpaired) electrons. The van der Waals surface area contributed by atoms with Gasteiger partial charge in [-0.15, -0.1) is 12.4 Å². The van der Waals surface area contributed by atoms with Gasteiger partial charge in [-0.25, -0.2) is 4.39 Å². The van der Waals surface area contributed by atoms with E-state index in [4.69, 9.17) is 5.73 Å². The second-order valence-electron chi connectivity index (χ2n) is 2.91. The van der Waals surface area contributed by atoms with E-state index in [1.807, 2.05) is 0 Å². The summed E-state index contributed by atoms with van der Waals surface area (Å²) in [5, 5.41) is 0. The molecule has 5 heteroatoms. The summed E-state index contributed by atoms with van der Waals surface area (Å²) >= 11 is 0. The fourth-order valence-corrected chi connectivity index (χ4v) is 1.15. The van der Waals surface area contributed by atoms with Gasteiger partial charge in [-0.3, -0.25) is 4.79 Å². The molecule has 84 valence electrons. The number of methoxy groups -OCH3 is 1. The van der Waals surface area contributed by atoms with E-state index in [0.717, 1.165) is 0 Å². The van der Waals surface area contributed by atoms with E-state index in [0.29, 0.717) is 5.56 Å². The van der Waals surface area contributed by atoms with Crippen LogP contribution in [0.2, 0.25) is 0 Å². The van der Waals surface area contributed by atoms with Crippen LogP contribution in [0, 0.1) is 5.82 Å². The van der Waals surface area contributed by atoms with E-state index in [2.05, 4.69) is 4.74 Å². The van der Waals surface area contributed by atoms with Crippen LogP contribution in [0.25, 0.3) is 0 Å². The fourth-order valence-electron chi connectivity index (χ4n) is 1.15. The van der Waals surface area contributed by atoms with Crippen LogP contribution in [-0.4, -0.2) is 13.1 Å². The van der Waals surface area contributed by atoms with Gasteiger partial charge >= 0.3 is 5.97 Å². The lowest BCUT2D eigenvalue weighted by Crippen LogP contribution is -2.17. The molecule has 0 saturated heterocycles. The van der Waals surface area contributed by atoms with Crippen LogP contribution in [0.15, 0.2) is 24.3 Å². The van der Waals surface area contributed by atoms with Gasteiger partial charge in [0.25, 0.3) is 0 Å². The molecule has 1 rings (SSSR count). The molecule has 0 aromatic heterocycles. The van der Waals surface area contributed by atoms with Crippen molar-refractivity contribution >= 4 is 18.4 Å². The molecule has 1 atom stereocenters. The number of ether oxygens (including phenoxy) is 1. The maximum atomic E-state index is 13.2. The highest BCUT2D eigenvalue weighted by Gasteiger charge is 2.14. The summed E-state index contributed by atoms with van der Waals surface area (Å²) in [6.07, 6.45) is -0.0164. The summed E-state index contributed by atoms with van der Waals surface area (Å²) in [6.45, 7) is 0. The lowest BCUT2D eigenvalue weighted by molar-refractivity contribution is -0.141. The summed E-state index contributed by atoms with van der Waals surface area (Å²) in [7, 11) is 1.27. The Bertz CT molecular complexity index is 333. The number of benzene rings is 1. The minimum atomic E-state index is -0.649. The van der Waals surface area contributed by atoms with Gasteiger partial charge in [0.1, 0.15) is 5.82 Å². The van der Waals surface area contributed by atoms with Crippen molar-refractivity contribution in [3.8, 4) is 0 Å². The Balaban J connectivity index is 0.00000196. The Morgan fingerprint density at radius 2 is 2.13 bits per heavy atom. The second-order valence-corrected chi connectivity index (χ2v) is 2.91. The van der Waals surface area contributed by atoms with Crippen molar-refractivity contribution in [1.29, 1.82) is 0 Å². The third kappa shape index (κ3) is 3.85. The van der Waals surface area contributed by atoms with Gasteiger partial charge in [-0.1, -0.05) is 18.2 Å². The van der Waals surface area contributed by atoms with Gasteiger partial charge in [-0.2, -0.15) is 0 Å².